The molecule has 0 N–H and O–H groups in total. The first kappa shape index (κ1) is 15.0. The zero-order valence-electron chi connectivity index (χ0n) is 8.06. The number of carbonyl (C=O) groups excluding carboxylic acids is 1. The van der Waals surface area contributed by atoms with Crippen molar-refractivity contribution in [3.63, 3.8) is 0 Å². The molecule has 3 nitrogen and oxygen atoms in total. The monoisotopic (exact) mass is 385 g/mol. The van der Waals surface area contributed by atoms with Gasteiger partial charge in [0.05, 0.1) is 11.1 Å². The van der Waals surface area contributed by atoms with Crippen molar-refractivity contribution in [2.24, 2.45) is 0 Å². The minimum absolute atomic E-state index is 0.273. The molecule has 0 amide bonds. The van der Waals surface area contributed by atoms with Crippen LogP contribution >= 0.6 is 22.6 Å². The van der Waals surface area contributed by atoms with Crippen molar-refractivity contribution in [2.45, 2.75) is 12.5 Å². The Balaban J connectivity index is 3.45. The highest BCUT2D eigenvalue weighted by Crippen LogP contribution is 2.38. The van der Waals surface area contributed by atoms with E-state index in [0.717, 1.165) is 0 Å². The van der Waals surface area contributed by atoms with Gasteiger partial charge in [0.25, 0.3) is 0 Å². The summed E-state index contributed by atoms with van der Waals surface area (Å²) in [5.74, 6) is -1.26. The maximum atomic E-state index is 12.4. The Bertz CT molecular complexity index is 470. The van der Waals surface area contributed by atoms with Crippen LogP contribution in [-0.4, -0.2) is 17.6 Å². The Morgan fingerprint density at radius 1 is 1.22 bits per heavy atom. The Labute approximate surface area is 109 Å². The van der Waals surface area contributed by atoms with Crippen molar-refractivity contribution in [3.8, 4) is 5.75 Å². The van der Waals surface area contributed by atoms with E-state index in [2.05, 4.69) is 9.72 Å². The summed E-state index contributed by atoms with van der Waals surface area (Å²) in [6.45, 7) is 0. The van der Waals surface area contributed by atoms with Crippen molar-refractivity contribution in [1.82, 2.24) is 4.98 Å². The average Bonchev–Trinajstić information content (AvgIpc) is 2.17. The first-order valence-electron chi connectivity index (χ1n) is 4.03. The van der Waals surface area contributed by atoms with Gasteiger partial charge in [-0.05, 0) is 22.6 Å². The lowest BCUT2D eigenvalue weighted by Crippen LogP contribution is -2.21. The molecule has 10 heteroatoms. The van der Waals surface area contributed by atoms with Crippen LogP contribution in [0.25, 0.3) is 0 Å². The Morgan fingerprint density at radius 3 is 2.17 bits per heavy atom. The first-order chi connectivity index (χ1) is 8.06. The van der Waals surface area contributed by atoms with Gasteiger partial charge in [0.2, 0.25) is 0 Å². The number of carbonyl (C=O) groups is 1. The summed E-state index contributed by atoms with van der Waals surface area (Å²) in [5.41, 5.74) is -2.82. The van der Waals surface area contributed by atoms with E-state index in [4.69, 9.17) is 0 Å². The zero-order chi connectivity index (χ0) is 14.1. The number of hydrogen-bond acceptors (Lipinski definition) is 3. The standard InChI is InChI=1S/C8H2F6INO2/c9-7(10,11)4-1-16-6(15)5(3(4)2-17)18-8(12,13)14/h1-2H. The first-order valence-corrected chi connectivity index (χ1v) is 5.10. The van der Waals surface area contributed by atoms with Crippen LogP contribution in [-0.2, 0) is 6.18 Å². The van der Waals surface area contributed by atoms with E-state index in [-0.39, 0.29) is 12.5 Å². The van der Waals surface area contributed by atoms with E-state index in [1.807, 2.05) is 0 Å². The fraction of sp³-hybridized carbons (Fsp3) is 0.250. The number of alkyl halides is 6. The molecule has 0 saturated carbocycles. The highest BCUT2D eigenvalue weighted by molar-refractivity contribution is 14.1. The van der Waals surface area contributed by atoms with Crippen LogP contribution in [0.3, 0.4) is 0 Å². The predicted molar refractivity (Wildman–Crippen MR) is 54.0 cm³/mol. The maximum Gasteiger partial charge on any atom is 0.573 e. The van der Waals surface area contributed by atoms with Crippen LogP contribution in [0.4, 0.5) is 26.3 Å². The Morgan fingerprint density at radius 2 is 1.78 bits per heavy atom. The molecule has 1 rings (SSSR count). The van der Waals surface area contributed by atoms with E-state index < -0.39 is 33.1 Å². The van der Waals surface area contributed by atoms with Gasteiger partial charge in [-0.2, -0.15) is 13.2 Å². The largest absolute Gasteiger partial charge is 0.573 e. The summed E-state index contributed by atoms with van der Waals surface area (Å²) in [6, 6.07) is 0. The summed E-state index contributed by atoms with van der Waals surface area (Å²) < 4.78 is 76.3. The molecule has 0 bridgehead atoms. The van der Waals surface area contributed by atoms with Crippen molar-refractivity contribution < 1.29 is 35.9 Å². The quantitative estimate of drug-likeness (QED) is 0.339. The Kier molecular flexibility index (Phi) is 4.08. The van der Waals surface area contributed by atoms with E-state index in [1.54, 1.807) is 0 Å². The van der Waals surface area contributed by atoms with E-state index >= 15 is 0 Å². The topological polar surface area (TPSA) is 39.2 Å². The number of rotatable bonds is 2. The number of halogens is 7. The highest BCUT2D eigenvalue weighted by Gasteiger charge is 2.39. The highest BCUT2D eigenvalue weighted by atomic mass is 127. The SMILES string of the molecule is O=Cc1c(C(F)(F)F)cnc(I)c1OC(F)(F)F. The molecule has 0 saturated heterocycles. The van der Waals surface area contributed by atoms with Gasteiger partial charge in [0.15, 0.2) is 12.0 Å². The minimum atomic E-state index is -5.22. The third-order valence-corrected chi connectivity index (χ3v) is 2.44. The van der Waals surface area contributed by atoms with Crippen LogP contribution in [0.2, 0.25) is 0 Å². The summed E-state index contributed by atoms with van der Waals surface area (Å²) in [5, 5.41) is 0. The summed E-state index contributed by atoms with van der Waals surface area (Å²) in [4.78, 5) is 13.7. The fourth-order valence-corrected chi connectivity index (χ4v) is 1.58. The molecule has 0 spiro atoms. The molecule has 18 heavy (non-hydrogen) atoms. The molecule has 100 valence electrons. The second-order valence-corrected chi connectivity index (χ2v) is 3.89. The molecular formula is C8H2F6INO2. The van der Waals surface area contributed by atoms with Gasteiger partial charge >= 0.3 is 12.5 Å². The van der Waals surface area contributed by atoms with Gasteiger partial charge in [-0.1, -0.05) is 0 Å². The number of hydrogen-bond donors (Lipinski definition) is 0. The van der Waals surface area contributed by atoms with Crippen LogP contribution in [0.1, 0.15) is 15.9 Å². The zero-order valence-corrected chi connectivity index (χ0v) is 10.2. The normalized spacial score (nSPS) is 12.4. The van der Waals surface area contributed by atoms with E-state index in [9.17, 15) is 31.1 Å². The second kappa shape index (κ2) is 4.90. The van der Waals surface area contributed by atoms with Gasteiger partial charge in [-0.3, -0.25) is 4.79 Å². The maximum absolute atomic E-state index is 12.4. The molecule has 0 unspecified atom stereocenters. The number of aldehydes is 1. The molecular weight excluding hydrogens is 383 g/mol. The van der Waals surface area contributed by atoms with E-state index in [1.165, 1.54) is 22.6 Å². The molecule has 1 heterocycles. The molecule has 0 radical (unpaired) electrons. The van der Waals surface area contributed by atoms with Crippen molar-refractivity contribution in [1.29, 1.82) is 0 Å². The van der Waals surface area contributed by atoms with Crippen molar-refractivity contribution >= 4 is 28.9 Å². The molecule has 0 aliphatic heterocycles. The number of pyridine rings is 1. The lowest BCUT2D eigenvalue weighted by molar-refractivity contribution is -0.275. The van der Waals surface area contributed by atoms with Crippen LogP contribution in [0, 0.1) is 3.70 Å². The van der Waals surface area contributed by atoms with Gasteiger partial charge in [-0.25, -0.2) is 4.98 Å². The smallest absolute Gasteiger partial charge is 0.402 e. The summed E-state index contributed by atoms with van der Waals surface area (Å²) in [6.07, 6.45) is -10.3. The molecule has 1 aromatic rings. The molecule has 0 aromatic carbocycles. The summed E-state index contributed by atoms with van der Waals surface area (Å²) in [7, 11) is 0. The van der Waals surface area contributed by atoms with Crippen molar-refractivity contribution in [2.75, 3.05) is 0 Å². The third-order valence-electron chi connectivity index (χ3n) is 1.67. The fourth-order valence-electron chi connectivity index (χ4n) is 1.04. The lowest BCUT2D eigenvalue weighted by atomic mass is 10.1. The van der Waals surface area contributed by atoms with Crippen LogP contribution in [0.5, 0.6) is 5.75 Å². The second-order valence-electron chi connectivity index (χ2n) is 2.87. The third kappa shape index (κ3) is 3.46. The van der Waals surface area contributed by atoms with Gasteiger partial charge in [0, 0.05) is 6.20 Å². The van der Waals surface area contributed by atoms with Gasteiger partial charge < -0.3 is 4.74 Å². The number of aromatic nitrogens is 1. The molecule has 0 atom stereocenters. The predicted octanol–water partition coefficient (Wildman–Crippen LogP) is 3.42. The van der Waals surface area contributed by atoms with Gasteiger partial charge in [-0.15, -0.1) is 13.2 Å². The average molecular weight is 385 g/mol. The van der Waals surface area contributed by atoms with E-state index in [0.29, 0.717) is 0 Å². The van der Waals surface area contributed by atoms with Crippen LogP contribution in [0.15, 0.2) is 6.20 Å². The number of nitrogens with zero attached hydrogens (tertiary/aromatic N) is 1. The Hall–Kier alpha value is -1.07. The lowest BCUT2D eigenvalue weighted by Gasteiger charge is -2.15. The minimum Gasteiger partial charge on any atom is -0.402 e. The van der Waals surface area contributed by atoms with Gasteiger partial charge in [0.1, 0.15) is 3.70 Å². The van der Waals surface area contributed by atoms with Crippen molar-refractivity contribution in [3.05, 3.63) is 21.0 Å². The molecule has 1 aromatic heterocycles. The molecule has 0 aliphatic rings. The molecule has 0 fully saturated rings. The summed E-state index contributed by atoms with van der Waals surface area (Å²) >= 11 is 1.23. The molecule has 0 aliphatic carbocycles. The van der Waals surface area contributed by atoms with Crippen LogP contribution < -0.4 is 4.74 Å². The number of ether oxygens (including phenoxy) is 1.